The van der Waals surface area contributed by atoms with E-state index in [0.717, 1.165) is 29.3 Å². The monoisotopic (exact) mass is 258 g/mol. The molecule has 1 aromatic rings. The molecule has 3 rings (SSSR count). The van der Waals surface area contributed by atoms with Crippen LogP contribution in [-0.4, -0.2) is 15.8 Å². The Labute approximate surface area is 114 Å². The maximum atomic E-state index is 9.25. The van der Waals surface area contributed by atoms with Gasteiger partial charge in [0.25, 0.3) is 0 Å². The molecule has 0 spiro atoms. The number of hydrogen-bond acceptors (Lipinski definition) is 3. The molecular formula is C15H22N4. The lowest BCUT2D eigenvalue weighted by atomic mass is 9.84. The first-order valence-electron chi connectivity index (χ1n) is 7.30. The third-order valence-corrected chi connectivity index (χ3v) is 5.13. The minimum atomic E-state index is 0.428. The first kappa shape index (κ1) is 12.5. The highest BCUT2D eigenvalue weighted by Crippen LogP contribution is 2.49. The molecule has 2 saturated carbocycles. The standard InChI is InChI=1S/C15H22N4/c1-9(13-7-11-4-5-12(13)6-11)17-15-14(8-16)10(2)18-19(15)3/h9,11-13,17H,4-7H2,1-3H3. The van der Waals surface area contributed by atoms with Crippen molar-refractivity contribution < 1.29 is 0 Å². The molecule has 0 radical (unpaired) electrons. The van der Waals surface area contributed by atoms with Gasteiger partial charge in [0.15, 0.2) is 0 Å². The summed E-state index contributed by atoms with van der Waals surface area (Å²) in [6, 6.07) is 2.70. The van der Waals surface area contributed by atoms with Gasteiger partial charge in [0, 0.05) is 13.1 Å². The fourth-order valence-corrected chi connectivity index (χ4v) is 4.19. The Morgan fingerprint density at radius 2 is 2.21 bits per heavy atom. The van der Waals surface area contributed by atoms with E-state index in [1.807, 2.05) is 14.0 Å². The number of aromatic nitrogens is 2. The average molecular weight is 258 g/mol. The maximum Gasteiger partial charge on any atom is 0.142 e. The largest absolute Gasteiger partial charge is 0.366 e. The van der Waals surface area contributed by atoms with Crippen LogP contribution >= 0.6 is 0 Å². The van der Waals surface area contributed by atoms with Crippen molar-refractivity contribution in [1.82, 2.24) is 9.78 Å². The predicted molar refractivity (Wildman–Crippen MR) is 74.7 cm³/mol. The number of rotatable bonds is 3. The summed E-state index contributed by atoms with van der Waals surface area (Å²) in [5.74, 6) is 3.51. The van der Waals surface area contributed by atoms with Crippen LogP contribution in [-0.2, 0) is 7.05 Å². The lowest BCUT2D eigenvalue weighted by Gasteiger charge is -2.29. The summed E-state index contributed by atoms with van der Waals surface area (Å²) >= 11 is 0. The molecule has 1 aromatic heterocycles. The third-order valence-electron chi connectivity index (χ3n) is 5.13. The normalized spacial score (nSPS) is 30.3. The van der Waals surface area contributed by atoms with Crippen molar-refractivity contribution in [3.8, 4) is 6.07 Å². The zero-order chi connectivity index (χ0) is 13.6. The van der Waals surface area contributed by atoms with E-state index < -0.39 is 0 Å². The molecule has 2 fully saturated rings. The van der Waals surface area contributed by atoms with Gasteiger partial charge in [-0.15, -0.1) is 0 Å². The molecule has 4 heteroatoms. The zero-order valence-electron chi connectivity index (χ0n) is 12.0. The number of fused-ring (bicyclic) bond motifs is 2. The highest BCUT2D eigenvalue weighted by atomic mass is 15.3. The minimum absolute atomic E-state index is 0.428. The van der Waals surface area contributed by atoms with Gasteiger partial charge in [-0.3, -0.25) is 4.68 Å². The molecule has 19 heavy (non-hydrogen) atoms. The molecule has 1 heterocycles. The number of aryl methyl sites for hydroxylation is 2. The summed E-state index contributed by atoms with van der Waals surface area (Å²) in [6.07, 6.45) is 5.61. The molecule has 0 saturated heterocycles. The summed E-state index contributed by atoms with van der Waals surface area (Å²) < 4.78 is 1.80. The third kappa shape index (κ3) is 2.01. The van der Waals surface area contributed by atoms with Crippen LogP contribution in [0, 0.1) is 36.0 Å². The van der Waals surface area contributed by atoms with Gasteiger partial charge in [-0.2, -0.15) is 10.4 Å². The van der Waals surface area contributed by atoms with Gasteiger partial charge >= 0.3 is 0 Å². The first-order valence-corrected chi connectivity index (χ1v) is 7.30. The van der Waals surface area contributed by atoms with Crippen LogP contribution in [0.1, 0.15) is 43.9 Å². The van der Waals surface area contributed by atoms with Crippen molar-refractivity contribution in [2.45, 2.75) is 45.6 Å². The Balaban J connectivity index is 1.77. The Kier molecular flexibility index (Phi) is 3.00. The van der Waals surface area contributed by atoms with Crippen LogP contribution in [0.3, 0.4) is 0 Å². The van der Waals surface area contributed by atoms with Gasteiger partial charge in [-0.05, 0) is 50.9 Å². The maximum absolute atomic E-state index is 9.25. The summed E-state index contributed by atoms with van der Waals surface area (Å²) in [4.78, 5) is 0. The van der Waals surface area contributed by atoms with Crippen LogP contribution in [0.4, 0.5) is 5.82 Å². The molecule has 0 aliphatic heterocycles. The Morgan fingerprint density at radius 3 is 2.79 bits per heavy atom. The second kappa shape index (κ2) is 4.56. The van der Waals surface area contributed by atoms with E-state index in [0.29, 0.717) is 11.6 Å². The fourth-order valence-electron chi connectivity index (χ4n) is 4.19. The minimum Gasteiger partial charge on any atom is -0.366 e. The van der Waals surface area contributed by atoms with Gasteiger partial charge in [-0.1, -0.05) is 6.42 Å². The zero-order valence-corrected chi connectivity index (χ0v) is 12.0. The quantitative estimate of drug-likeness (QED) is 0.907. The Morgan fingerprint density at radius 1 is 1.42 bits per heavy atom. The van der Waals surface area contributed by atoms with Crippen LogP contribution in [0.2, 0.25) is 0 Å². The first-order chi connectivity index (χ1) is 9.10. The van der Waals surface area contributed by atoms with Gasteiger partial charge in [0.1, 0.15) is 17.5 Å². The Bertz CT molecular complexity index is 525. The van der Waals surface area contributed by atoms with E-state index in [1.165, 1.54) is 25.7 Å². The summed E-state index contributed by atoms with van der Waals surface area (Å²) in [6.45, 7) is 4.15. The van der Waals surface area contributed by atoms with E-state index in [9.17, 15) is 5.26 Å². The SMILES string of the molecule is Cc1nn(C)c(NC(C)C2CC3CCC2C3)c1C#N. The summed E-state index contributed by atoms with van der Waals surface area (Å²) in [7, 11) is 1.91. The van der Waals surface area contributed by atoms with E-state index >= 15 is 0 Å². The highest BCUT2D eigenvalue weighted by Gasteiger charge is 2.42. The number of anilines is 1. The molecule has 1 N–H and O–H groups in total. The fraction of sp³-hybridized carbons (Fsp3) is 0.733. The van der Waals surface area contributed by atoms with Crippen LogP contribution in [0.15, 0.2) is 0 Å². The molecule has 2 aliphatic carbocycles. The van der Waals surface area contributed by atoms with Crippen molar-refractivity contribution in [2.24, 2.45) is 24.8 Å². The molecule has 0 aromatic carbocycles. The molecule has 4 unspecified atom stereocenters. The van der Waals surface area contributed by atoms with E-state index in [4.69, 9.17) is 0 Å². The number of nitrogens with one attached hydrogen (secondary N) is 1. The summed E-state index contributed by atoms with van der Waals surface area (Å²) in [5.41, 5.74) is 1.50. The van der Waals surface area contributed by atoms with E-state index in [1.54, 1.807) is 4.68 Å². The van der Waals surface area contributed by atoms with Crippen molar-refractivity contribution >= 4 is 5.82 Å². The topological polar surface area (TPSA) is 53.6 Å². The molecule has 2 bridgehead atoms. The predicted octanol–water partition coefficient (Wildman–Crippen LogP) is 2.84. The molecule has 102 valence electrons. The van der Waals surface area contributed by atoms with Crippen molar-refractivity contribution in [1.29, 1.82) is 5.26 Å². The highest BCUT2D eigenvalue weighted by molar-refractivity contribution is 5.55. The number of nitriles is 1. The average Bonchev–Trinajstić information content (AvgIpc) is 3.05. The molecule has 4 nitrogen and oxygen atoms in total. The number of nitrogens with zero attached hydrogens (tertiary/aromatic N) is 3. The lowest BCUT2D eigenvalue weighted by Crippen LogP contribution is -2.31. The van der Waals surface area contributed by atoms with Gasteiger partial charge in [0.05, 0.1) is 5.69 Å². The Hall–Kier alpha value is -1.50. The molecular weight excluding hydrogens is 236 g/mol. The van der Waals surface area contributed by atoms with E-state index in [-0.39, 0.29) is 0 Å². The second-order valence-corrected chi connectivity index (χ2v) is 6.32. The molecule has 2 aliphatic rings. The van der Waals surface area contributed by atoms with Crippen molar-refractivity contribution in [2.75, 3.05) is 5.32 Å². The molecule has 0 amide bonds. The molecule has 4 atom stereocenters. The van der Waals surface area contributed by atoms with E-state index in [2.05, 4.69) is 23.4 Å². The lowest BCUT2D eigenvalue weighted by molar-refractivity contribution is 0.303. The second-order valence-electron chi connectivity index (χ2n) is 6.32. The van der Waals surface area contributed by atoms with Crippen LogP contribution in [0.25, 0.3) is 0 Å². The van der Waals surface area contributed by atoms with Crippen LogP contribution < -0.4 is 5.32 Å². The van der Waals surface area contributed by atoms with Gasteiger partial charge < -0.3 is 5.32 Å². The smallest absolute Gasteiger partial charge is 0.142 e. The van der Waals surface area contributed by atoms with Crippen LogP contribution in [0.5, 0.6) is 0 Å². The van der Waals surface area contributed by atoms with Gasteiger partial charge in [-0.25, -0.2) is 0 Å². The number of hydrogen-bond donors (Lipinski definition) is 1. The van der Waals surface area contributed by atoms with Crippen molar-refractivity contribution in [3.05, 3.63) is 11.3 Å². The van der Waals surface area contributed by atoms with Gasteiger partial charge in [0.2, 0.25) is 0 Å². The summed E-state index contributed by atoms with van der Waals surface area (Å²) in [5, 5.41) is 17.1. The van der Waals surface area contributed by atoms with Crippen molar-refractivity contribution in [3.63, 3.8) is 0 Å².